The van der Waals surface area contributed by atoms with E-state index in [2.05, 4.69) is 5.32 Å². The van der Waals surface area contributed by atoms with Crippen LogP contribution in [-0.4, -0.2) is 18.2 Å². The molecule has 1 aromatic carbocycles. The monoisotopic (exact) mass is 209 g/mol. The van der Waals surface area contributed by atoms with E-state index in [1.807, 2.05) is 0 Å². The second-order valence-corrected chi connectivity index (χ2v) is 3.31. The quantitative estimate of drug-likeness (QED) is 0.721. The maximum Gasteiger partial charge on any atom is 0.251 e. The molecule has 5 heteroatoms. The van der Waals surface area contributed by atoms with Crippen LogP contribution >= 0.6 is 0 Å². The summed E-state index contributed by atoms with van der Waals surface area (Å²) in [5, 5.41) is 22.0. The number of nitrogens with zero attached hydrogens (tertiary/aromatic N) is 1. The second-order valence-electron chi connectivity index (χ2n) is 3.31. The Bertz CT molecular complexity index is 365. The van der Waals surface area contributed by atoms with E-state index in [0.717, 1.165) is 0 Å². The first-order valence-electron chi connectivity index (χ1n) is 4.47. The number of hydrogen-bond acceptors (Lipinski definition) is 4. The van der Waals surface area contributed by atoms with E-state index in [1.165, 1.54) is 7.05 Å². The number of carbonyl (C=O) groups is 1. The summed E-state index contributed by atoms with van der Waals surface area (Å²) in [4.78, 5) is 11.3. The predicted octanol–water partition coefficient (Wildman–Crippen LogP) is 1.36. The van der Waals surface area contributed by atoms with Gasteiger partial charge in [0.15, 0.2) is 0 Å². The molecule has 0 heterocycles. The Morgan fingerprint density at radius 2 is 1.87 bits per heavy atom. The molecule has 0 unspecified atom stereocenters. The molecule has 0 aromatic heterocycles. The fourth-order valence-electron chi connectivity index (χ4n) is 1.53. The molecule has 0 radical (unpaired) electrons. The van der Waals surface area contributed by atoms with Gasteiger partial charge < -0.3 is 15.8 Å². The van der Waals surface area contributed by atoms with E-state index < -0.39 is 0 Å². The van der Waals surface area contributed by atoms with Crippen molar-refractivity contribution >= 4 is 11.6 Å². The van der Waals surface area contributed by atoms with Crippen LogP contribution < -0.4 is 10.5 Å². The molecule has 2 N–H and O–H groups in total. The van der Waals surface area contributed by atoms with E-state index >= 15 is 0 Å². The van der Waals surface area contributed by atoms with Crippen molar-refractivity contribution in [2.75, 3.05) is 12.3 Å². The lowest BCUT2D eigenvalue weighted by Gasteiger charge is -2.26. The maximum absolute atomic E-state index is 11.3. The largest absolute Gasteiger partial charge is 0.733 e. The normalized spacial score (nSPS) is 9.93. The van der Waals surface area contributed by atoms with Gasteiger partial charge in [0.1, 0.15) is 0 Å². The molecule has 0 saturated heterocycles. The summed E-state index contributed by atoms with van der Waals surface area (Å²) >= 11 is 0. The molecule has 1 rings (SSSR count). The molecule has 0 spiro atoms. The summed E-state index contributed by atoms with van der Waals surface area (Å²) in [6.45, 7) is 3.33. The molecule has 0 aliphatic rings. The number of amides is 1. The molecule has 0 saturated carbocycles. The van der Waals surface area contributed by atoms with Crippen LogP contribution in [0.5, 0.6) is 0 Å². The first kappa shape index (κ1) is 11.5. The van der Waals surface area contributed by atoms with Crippen molar-refractivity contribution < 1.29 is 10.0 Å². The minimum absolute atomic E-state index is 0.182. The fraction of sp³-hybridized carbons (Fsp3) is 0.300. The van der Waals surface area contributed by atoms with Crippen LogP contribution in [0.25, 0.3) is 0 Å². The summed E-state index contributed by atoms with van der Waals surface area (Å²) in [6.07, 6.45) is 0. The van der Waals surface area contributed by atoms with Gasteiger partial charge in [-0.15, -0.1) is 0 Å². The van der Waals surface area contributed by atoms with E-state index in [0.29, 0.717) is 16.7 Å². The Kier molecular flexibility index (Phi) is 3.28. The molecule has 1 aromatic rings. The van der Waals surface area contributed by atoms with Gasteiger partial charge in [-0.1, -0.05) is 0 Å². The van der Waals surface area contributed by atoms with Crippen molar-refractivity contribution in [3.63, 3.8) is 0 Å². The minimum atomic E-state index is -0.219. The van der Waals surface area contributed by atoms with E-state index in [4.69, 9.17) is 5.21 Å². The highest BCUT2D eigenvalue weighted by Gasteiger charge is 2.09. The van der Waals surface area contributed by atoms with Gasteiger partial charge >= 0.3 is 0 Å². The van der Waals surface area contributed by atoms with Crippen LogP contribution in [0.15, 0.2) is 12.1 Å². The smallest absolute Gasteiger partial charge is 0.251 e. The molecule has 5 nitrogen and oxygen atoms in total. The molecular formula is C10H13N2O3-. The number of rotatable bonds is 2. The van der Waals surface area contributed by atoms with Crippen molar-refractivity contribution in [2.45, 2.75) is 13.8 Å². The summed E-state index contributed by atoms with van der Waals surface area (Å²) in [6, 6.07) is 3.12. The lowest BCUT2D eigenvalue weighted by Crippen LogP contribution is -2.19. The molecule has 1 amide bonds. The van der Waals surface area contributed by atoms with Gasteiger partial charge in [0.2, 0.25) is 0 Å². The lowest BCUT2D eigenvalue weighted by molar-refractivity contribution is 0.0963. The van der Waals surface area contributed by atoms with Gasteiger partial charge in [0.05, 0.1) is 5.69 Å². The van der Waals surface area contributed by atoms with Crippen molar-refractivity contribution in [1.82, 2.24) is 5.32 Å². The third kappa shape index (κ3) is 2.26. The number of aryl methyl sites for hydroxylation is 2. The topological polar surface area (TPSA) is 75.6 Å². The number of hydrogen-bond donors (Lipinski definition) is 2. The molecular weight excluding hydrogens is 196 g/mol. The van der Waals surface area contributed by atoms with Crippen LogP contribution in [0.1, 0.15) is 21.5 Å². The van der Waals surface area contributed by atoms with Crippen LogP contribution in [0.4, 0.5) is 5.69 Å². The highest BCUT2D eigenvalue weighted by atomic mass is 16.8. The molecule has 15 heavy (non-hydrogen) atoms. The van der Waals surface area contributed by atoms with Crippen molar-refractivity contribution in [1.29, 1.82) is 0 Å². The summed E-state index contributed by atoms with van der Waals surface area (Å²) in [5.41, 5.74) is 1.78. The third-order valence-electron chi connectivity index (χ3n) is 2.17. The third-order valence-corrected chi connectivity index (χ3v) is 2.17. The average Bonchev–Trinajstić information content (AvgIpc) is 2.14. The molecule has 0 aliphatic heterocycles. The highest BCUT2D eigenvalue weighted by molar-refractivity contribution is 5.95. The van der Waals surface area contributed by atoms with Gasteiger partial charge in [-0.05, 0) is 37.1 Å². The Balaban J connectivity index is 3.25. The van der Waals surface area contributed by atoms with E-state index in [9.17, 15) is 10.0 Å². The second kappa shape index (κ2) is 4.29. The van der Waals surface area contributed by atoms with Crippen molar-refractivity contribution in [3.8, 4) is 0 Å². The zero-order valence-electron chi connectivity index (χ0n) is 8.87. The number of benzene rings is 1. The molecule has 0 bridgehead atoms. The first-order valence-corrected chi connectivity index (χ1v) is 4.47. The minimum Gasteiger partial charge on any atom is -0.733 e. The van der Waals surface area contributed by atoms with Crippen molar-refractivity contribution in [2.24, 2.45) is 0 Å². The molecule has 0 atom stereocenters. The lowest BCUT2D eigenvalue weighted by atomic mass is 10.0. The Morgan fingerprint density at radius 3 is 2.20 bits per heavy atom. The zero-order chi connectivity index (χ0) is 11.6. The molecule has 82 valence electrons. The van der Waals surface area contributed by atoms with Crippen LogP contribution in [-0.2, 0) is 0 Å². The summed E-state index contributed by atoms with van der Waals surface area (Å²) in [5.74, 6) is -0.219. The van der Waals surface area contributed by atoms with Gasteiger partial charge in [-0.3, -0.25) is 10.0 Å². The number of carbonyl (C=O) groups excluding carboxylic acids is 1. The zero-order valence-corrected chi connectivity index (χ0v) is 8.87. The van der Waals surface area contributed by atoms with Gasteiger partial charge in [0.25, 0.3) is 5.91 Å². The van der Waals surface area contributed by atoms with E-state index in [1.54, 1.807) is 26.0 Å². The summed E-state index contributed by atoms with van der Waals surface area (Å²) in [7, 11) is 1.53. The van der Waals surface area contributed by atoms with Crippen molar-refractivity contribution in [3.05, 3.63) is 34.0 Å². The predicted molar refractivity (Wildman–Crippen MR) is 56.9 cm³/mol. The Morgan fingerprint density at radius 1 is 1.40 bits per heavy atom. The Hall–Kier alpha value is -1.59. The first-order chi connectivity index (χ1) is 6.97. The number of anilines is 1. The fourth-order valence-corrected chi connectivity index (χ4v) is 1.53. The average molecular weight is 209 g/mol. The van der Waals surface area contributed by atoms with Crippen LogP contribution in [0, 0.1) is 19.1 Å². The maximum atomic E-state index is 11.3. The number of nitrogens with one attached hydrogen (secondary N) is 1. The summed E-state index contributed by atoms with van der Waals surface area (Å²) < 4.78 is 0. The van der Waals surface area contributed by atoms with Crippen LogP contribution in [0.2, 0.25) is 0 Å². The Labute approximate surface area is 87.9 Å². The SMILES string of the molecule is CNC(=O)c1cc(C)c(N([O-])O)c(C)c1. The van der Waals surface area contributed by atoms with Gasteiger partial charge in [-0.2, -0.15) is 0 Å². The standard InChI is InChI=1S/C10H13N2O3/c1-6-4-8(10(13)11-3)5-7(2)9(6)12(14)15/h4-5,14H,1-3H3,(H,11,13)/q-1. The van der Waals surface area contributed by atoms with E-state index in [-0.39, 0.29) is 16.8 Å². The van der Waals surface area contributed by atoms with Gasteiger partial charge in [-0.25, -0.2) is 0 Å². The van der Waals surface area contributed by atoms with Gasteiger partial charge in [0, 0.05) is 12.6 Å². The molecule has 0 fully saturated rings. The molecule has 0 aliphatic carbocycles. The highest BCUT2D eigenvalue weighted by Crippen LogP contribution is 2.24. The van der Waals surface area contributed by atoms with Crippen LogP contribution in [0.3, 0.4) is 0 Å².